The lowest BCUT2D eigenvalue weighted by Crippen LogP contribution is -2.31. The van der Waals surface area contributed by atoms with Crippen molar-refractivity contribution in [1.29, 1.82) is 0 Å². The van der Waals surface area contributed by atoms with Crippen LogP contribution < -0.4 is 4.72 Å². The number of H-pyrrole nitrogens is 1. The highest BCUT2D eigenvalue weighted by Gasteiger charge is 2.24. The van der Waals surface area contributed by atoms with Gasteiger partial charge >= 0.3 is 0 Å². The second-order valence-corrected chi connectivity index (χ2v) is 6.54. The Morgan fingerprint density at radius 3 is 2.40 bits per heavy atom. The van der Waals surface area contributed by atoms with E-state index in [4.69, 9.17) is 0 Å². The Kier molecular flexibility index (Phi) is 4.20. The molecule has 1 aromatic carbocycles. The molecular weight excluding hydrogens is 281 g/mol. The summed E-state index contributed by atoms with van der Waals surface area (Å²) in [6.07, 6.45) is 2.55. The minimum Gasteiger partial charge on any atom is -0.284 e. The summed E-state index contributed by atoms with van der Waals surface area (Å²) in [5.74, 6) is -0.337. The molecule has 2 rings (SSSR count). The van der Waals surface area contributed by atoms with E-state index in [2.05, 4.69) is 14.9 Å². The molecule has 0 aliphatic rings. The third-order valence-corrected chi connectivity index (χ3v) is 4.37. The van der Waals surface area contributed by atoms with Crippen LogP contribution in [0.25, 0.3) is 0 Å². The van der Waals surface area contributed by atoms with Crippen molar-refractivity contribution in [2.75, 3.05) is 0 Å². The Morgan fingerprint density at radius 1 is 1.25 bits per heavy atom. The minimum absolute atomic E-state index is 0.0159. The van der Waals surface area contributed by atoms with Gasteiger partial charge in [0.2, 0.25) is 10.0 Å². The number of aromatic amines is 1. The van der Waals surface area contributed by atoms with Gasteiger partial charge in [-0.3, -0.25) is 5.10 Å². The standard InChI is InChI=1S/C13H16FN3O2S/c1-9(2)13(10-3-5-11(14)6-4-10)17-20(18,19)12-7-15-16-8-12/h3-9,13,17H,1-2H3,(H,15,16). The molecule has 0 radical (unpaired) electrons. The van der Waals surface area contributed by atoms with Crippen molar-refractivity contribution in [1.82, 2.24) is 14.9 Å². The predicted molar refractivity (Wildman–Crippen MR) is 72.9 cm³/mol. The summed E-state index contributed by atoms with van der Waals surface area (Å²) in [4.78, 5) is 0.0743. The van der Waals surface area contributed by atoms with Crippen molar-refractivity contribution in [3.8, 4) is 0 Å². The molecule has 1 aromatic heterocycles. The van der Waals surface area contributed by atoms with Gasteiger partial charge in [-0.05, 0) is 23.6 Å². The zero-order valence-electron chi connectivity index (χ0n) is 11.2. The Hall–Kier alpha value is -1.73. The highest BCUT2D eigenvalue weighted by molar-refractivity contribution is 7.89. The summed E-state index contributed by atoms with van der Waals surface area (Å²) >= 11 is 0. The maximum Gasteiger partial charge on any atom is 0.244 e. The van der Waals surface area contributed by atoms with Crippen molar-refractivity contribution in [3.63, 3.8) is 0 Å². The van der Waals surface area contributed by atoms with E-state index >= 15 is 0 Å². The van der Waals surface area contributed by atoms with E-state index in [9.17, 15) is 12.8 Å². The molecule has 1 heterocycles. The highest BCUT2D eigenvalue weighted by atomic mass is 32.2. The molecule has 5 nitrogen and oxygen atoms in total. The molecule has 0 saturated heterocycles. The Bertz CT molecular complexity index is 651. The van der Waals surface area contributed by atoms with Crippen LogP contribution in [0.3, 0.4) is 0 Å². The van der Waals surface area contributed by atoms with E-state index in [0.717, 1.165) is 0 Å². The summed E-state index contributed by atoms with van der Waals surface area (Å²) in [7, 11) is -3.66. The van der Waals surface area contributed by atoms with E-state index in [1.54, 1.807) is 12.1 Å². The minimum atomic E-state index is -3.66. The summed E-state index contributed by atoms with van der Waals surface area (Å²) < 4.78 is 40.0. The van der Waals surface area contributed by atoms with Crippen LogP contribution in [0.15, 0.2) is 41.6 Å². The van der Waals surface area contributed by atoms with Gasteiger partial charge in [0.05, 0.1) is 6.20 Å². The largest absolute Gasteiger partial charge is 0.284 e. The first kappa shape index (κ1) is 14.7. The van der Waals surface area contributed by atoms with Crippen molar-refractivity contribution in [2.24, 2.45) is 5.92 Å². The summed E-state index contributed by atoms with van der Waals surface area (Å²) in [6, 6.07) is 5.36. The Morgan fingerprint density at radius 2 is 1.90 bits per heavy atom. The molecule has 0 bridgehead atoms. The molecule has 2 aromatic rings. The van der Waals surface area contributed by atoms with Crippen LogP contribution in [0.1, 0.15) is 25.5 Å². The van der Waals surface area contributed by atoms with Crippen molar-refractivity contribution in [2.45, 2.75) is 24.8 Å². The zero-order valence-corrected chi connectivity index (χ0v) is 12.0. The fourth-order valence-electron chi connectivity index (χ4n) is 1.88. The molecule has 7 heteroatoms. The molecule has 2 N–H and O–H groups in total. The van der Waals surface area contributed by atoms with Gasteiger partial charge in [0.25, 0.3) is 0 Å². The van der Waals surface area contributed by atoms with Crippen LogP contribution in [-0.4, -0.2) is 18.6 Å². The average Bonchev–Trinajstić information content (AvgIpc) is 2.91. The molecule has 0 fully saturated rings. The van der Waals surface area contributed by atoms with Gasteiger partial charge < -0.3 is 0 Å². The quantitative estimate of drug-likeness (QED) is 0.888. The second kappa shape index (κ2) is 5.72. The van der Waals surface area contributed by atoms with Gasteiger partial charge in [0.1, 0.15) is 10.7 Å². The maximum absolute atomic E-state index is 13.0. The van der Waals surface area contributed by atoms with Crippen molar-refractivity contribution < 1.29 is 12.8 Å². The number of halogens is 1. The third kappa shape index (κ3) is 3.23. The molecule has 20 heavy (non-hydrogen) atoms. The molecule has 0 aliphatic carbocycles. The van der Waals surface area contributed by atoms with Crippen LogP contribution in [0, 0.1) is 11.7 Å². The topological polar surface area (TPSA) is 74.8 Å². The van der Waals surface area contributed by atoms with Gasteiger partial charge in [-0.1, -0.05) is 26.0 Å². The number of hydrogen-bond acceptors (Lipinski definition) is 3. The zero-order chi connectivity index (χ0) is 14.8. The number of aromatic nitrogens is 2. The monoisotopic (exact) mass is 297 g/mol. The van der Waals surface area contributed by atoms with Gasteiger partial charge in [0, 0.05) is 12.2 Å². The van der Waals surface area contributed by atoms with Crippen LogP contribution in [0.5, 0.6) is 0 Å². The van der Waals surface area contributed by atoms with Crippen LogP contribution >= 0.6 is 0 Å². The average molecular weight is 297 g/mol. The molecular formula is C13H16FN3O2S. The van der Waals surface area contributed by atoms with Gasteiger partial charge in [0.15, 0.2) is 0 Å². The summed E-state index contributed by atoms with van der Waals surface area (Å²) in [5.41, 5.74) is 0.716. The molecule has 0 amide bonds. The van der Waals surface area contributed by atoms with Crippen LogP contribution in [0.2, 0.25) is 0 Å². The van der Waals surface area contributed by atoms with Gasteiger partial charge in [-0.2, -0.15) is 5.10 Å². The van der Waals surface area contributed by atoms with E-state index in [-0.39, 0.29) is 16.6 Å². The normalized spacial score (nSPS) is 13.6. The van der Waals surface area contributed by atoms with Crippen molar-refractivity contribution >= 4 is 10.0 Å². The number of hydrogen-bond donors (Lipinski definition) is 2. The fourth-order valence-corrected chi connectivity index (χ4v) is 3.16. The first-order valence-corrected chi connectivity index (χ1v) is 7.65. The molecule has 0 spiro atoms. The van der Waals surface area contributed by atoms with E-state index in [1.807, 2.05) is 13.8 Å². The molecule has 0 saturated carbocycles. The van der Waals surface area contributed by atoms with E-state index < -0.39 is 16.1 Å². The lowest BCUT2D eigenvalue weighted by atomic mass is 9.97. The lowest BCUT2D eigenvalue weighted by Gasteiger charge is -2.22. The lowest BCUT2D eigenvalue weighted by molar-refractivity contribution is 0.462. The number of nitrogens with zero attached hydrogens (tertiary/aromatic N) is 1. The smallest absolute Gasteiger partial charge is 0.244 e. The van der Waals surface area contributed by atoms with Crippen molar-refractivity contribution in [3.05, 3.63) is 48.0 Å². The maximum atomic E-state index is 13.0. The number of nitrogens with one attached hydrogen (secondary N) is 2. The fraction of sp³-hybridized carbons (Fsp3) is 0.308. The first-order chi connectivity index (χ1) is 9.40. The molecule has 1 unspecified atom stereocenters. The van der Waals surface area contributed by atoms with E-state index in [1.165, 1.54) is 24.5 Å². The molecule has 108 valence electrons. The predicted octanol–water partition coefficient (Wildman–Crippen LogP) is 2.22. The number of sulfonamides is 1. The molecule has 0 aliphatic heterocycles. The Labute approximate surface area is 117 Å². The van der Waals surface area contributed by atoms with E-state index in [0.29, 0.717) is 5.56 Å². The third-order valence-electron chi connectivity index (χ3n) is 2.96. The number of rotatable bonds is 5. The number of benzene rings is 1. The second-order valence-electron chi connectivity index (χ2n) is 4.83. The SMILES string of the molecule is CC(C)C(NS(=O)(=O)c1cn[nH]c1)c1ccc(F)cc1. The van der Waals surface area contributed by atoms with Gasteiger partial charge in [-0.15, -0.1) is 0 Å². The van der Waals surface area contributed by atoms with Gasteiger partial charge in [-0.25, -0.2) is 17.5 Å². The first-order valence-electron chi connectivity index (χ1n) is 6.17. The summed E-state index contributed by atoms with van der Waals surface area (Å²) in [6.45, 7) is 3.79. The van der Waals surface area contributed by atoms with Crippen LogP contribution in [0.4, 0.5) is 4.39 Å². The molecule has 1 atom stereocenters. The highest BCUT2D eigenvalue weighted by Crippen LogP contribution is 2.24. The van der Waals surface area contributed by atoms with Crippen LogP contribution in [-0.2, 0) is 10.0 Å². The Balaban J connectivity index is 2.29. The summed E-state index contributed by atoms with van der Waals surface area (Å²) in [5, 5.41) is 6.10.